The van der Waals surface area contributed by atoms with Crippen LogP contribution in [0, 0.1) is 0 Å². The van der Waals surface area contributed by atoms with Crippen LogP contribution in [0.1, 0.15) is 33.2 Å². The molecule has 0 atom stereocenters. The van der Waals surface area contributed by atoms with E-state index in [0.29, 0.717) is 33.6 Å². The van der Waals surface area contributed by atoms with Crippen LogP contribution < -0.4 is 16.4 Å². The number of carbonyl (C=O) groups is 3. The number of nitrogens with one attached hydrogen (secondary N) is 2. The third kappa shape index (κ3) is 3.14. The van der Waals surface area contributed by atoms with Gasteiger partial charge in [-0.1, -0.05) is 6.07 Å². The highest BCUT2D eigenvalue weighted by Gasteiger charge is 2.27. The Morgan fingerprint density at radius 1 is 1.08 bits per heavy atom. The van der Waals surface area contributed by atoms with Gasteiger partial charge in [-0.2, -0.15) is 0 Å². The number of primary amides is 1. The molecule has 0 bridgehead atoms. The zero-order valence-electron chi connectivity index (χ0n) is 14.3. The van der Waals surface area contributed by atoms with E-state index in [9.17, 15) is 14.4 Å². The van der Waals surface area contributed by atoms with Crippen molar-refractivity contribution in [1.29, 1.82) is 0 Å². The summed E-state index contributed by atoms with van der Waals surface area (Å²) in [6, 6.07) is 11.5. The van der Waals surface area contributed by atoms with Crippen LogP contribution >= 0.6 is 0 Å². The number of benzene rings is 2. The molecule has 1 aliphatic heterocycles. The number of hydrogen-bond acceptors (Lipinski definition) is 5. The molecule has 0 saturated heterocycles. The van der Waals surface area contributed by atoms with Crippen molar-refractivity contribution in [2.45, 2.75) is 6.92 Å². The number of amides is 2. The Morgan fingerprint density at radius 3 is 2.35 bits per heavy atom. The first-order valence-electron chi connectivity index (χ1n) is 7.82. The first kappa shape index (κ1) is 17.2. The van der Waals surface area contributed by atoms with E-state index in [1.54, 1.807) is 49.4 Å². The van der Waals surface area contributed by atoms with Gasteiger partial charge in [-0.15, -0.1) is 0 Å². The smallest absolute Gasteiger partial charge is 0.337 e. The number of anilines is 2. The van der Waals surface area contributed by atoms with Gasteiger partial charge in [-0.3, -0.25) is 9.59 Å². The lowest BCUT2D eigenvalue weighted by Gasteiger charge is -2.10. The number of methoxy groups -OCH3 is 1. The largest absolute Gasteiger partial charge is 0.465 e. The van der Waals surface area contributed by atoms with Crippen molar-refractivity contribution in [3.8, 4) is 0 Å². The molecule has 0 fully saturated rings. The van der Waals surface area contributed by atoms with Crippen LogP contribution in [-0.2, 0) is 9.53 Å². The lowest BCUT2D eigenvalue weighted by atomic mass is 10.0. The average molecular weight is 351 g/mol. The molecule has 7 heteroatoms. The van der Waals surface area contributed by atoms with Crippen LogP contribution in [0.4, 0.5) is 11.4 Å². The molecule has 0 radical (unpaired) electrons. The van der Waals surface area contributed by atoms with Gasteiger partial charge >= 0.3 is 5.97 Å². The summed E-state index contributed by atoms with van der Waals surface area (Å²) in [6.07, 6.45) is 0. The SMILES string of the molecule is COC(=O)c1ccc(NC(C)=C2C(=O)Nc3cc(C(N)=O)ccc32)cc1. The van der Waals surface area contributed by atoms with Crippen molar-refractivity contribution in [3.63, 3.8) is 0 Å². The quantitative estimate of drug-likeness (QED) is 0.578. The van der Waals surface area contributed by atoms with E-state index in [2.05, 4.69) is 15.4 Å². The third-order valence-electron chi connectivity index (χ3n) is 4.06. The maximum Gasteiger partial charge on any atom is 0.337 e. The van der Waals surface area contributed by atoms with E-state index in [0.717, 1.165) is 5.69 Å². The molecule has 0 unspecified atom stereocenters. The highest BCUT2D eigenvalue weighted by Crippen LogP contribution is 2.34. The van der Waals surface area contributed by atoms with Crippen LogP contribution in [0.25, 0.3) is 5.57 Å². The summed E-state index contributed by atoms with van der Waals surface area (Å²) in [5, 5.41) is 5.89. The van der Waals surface area contributed by atoms with Gasteiger partial charge in [0.15, 0.2) is 0 Å². The van der Waals surface area contributed by atoms with Crippen LogP contribution in [0.3, 0.4) is 0 Å². The predicted octanol–water partition coefficient (Wildman–Crippen LogP) is 2.37. The summed E-state index contributed by atoms with van der Waals surface area (Å²) < 4.78 is 4.66. The lowest BCUT2D eigenvalue weighted by molar-refractivity contribution is -0.110. The molecule has 26 heavy (non-hydrogen) atoms. The van der Waals surface area contributed by atoms with Crippen molar-refractivity contribution >= 4 is 34.7 Å². The van der Waals surface area contributed by atoms with Gasteiger partial charge in [0.2, 0.25) is 5.91 Å². The Hall–Kier alpha value is -3.61. The molecule has 2 aromatic rings. The van der Waals surface area contributed by atoms with Gasteiger partial charge in [-0.25, -0.2) is 4.79 Å². The molecular formula is C19H17N3O4. The molecule has 0 aromatic heterocycles. The monoisotopic (exact) mass is 351 g/mol. The molecule has 2 amide bonds. The number of rotatable bonds is 4. The summed E-state index contributed by atoms with van der Waals surface area (Å²) in [7, 11) is 1.32. The molecule has 7 nitrogen and oxygen atoms in total. The first-order chi connectivity index (χ1) is 12.4. The maximum atomic E-state index is 12.3. The molecule has 1 heterocycles. The van der Waals surface area contributed by atoms with Gasteiger partial charge in [0.05, 0.1) is 18.2 Å². The number of nitrogens with two attached hydrogens (primary N) is 1. The van der Waals surface area contributed by atoms with Crippen LogP contribution in [-0.4, -0.2) is 24.9 Å². The highest BCUT2D eigenvalue weighted by molar-refractivity contribution is 6.32. The number of carbonyl (C=O) groups excluding carboxylic acids is 3. The van der Waals surface area contributed by atoms with E-state index in [1.165, 1.54) is 7.11 Å². The standard InChI is InChI=1S/C19H17N3O4/c1-10(21-13-6-3-11(4-7-13)19(25)26-2)16-14-8-5-12(17(20)23)9-15(14)22-18(16)24/h3-9,21H,1-2H3,(H2,20,23)(H,22,24). The Morgan fingerprint density at radius 2 is 1.73 bits per heavy atom. The number of ether oxygens (including phenoxy) is 1. The molecule has 0 saturated carbocycles. The second kappa shape index (κ2) is 6.72. The minimum atomic E-state index is -0.556. The summed E-state index contributed by atoms with van der Waals surface area (Å²) in [4.78, 5) is 35.1. The topological polar surface area (TPSA) is 111 Å². The fraction of sp³-hybridized carbons (Fsp3) is 0.105. The molecule has 0 aliphatic carbocycles. The predicted molar refractivity (Wildman–Crippen MR) is 97.6 cm³/mol. The minimum Gasteiger partial charge on any atom is -0.465 e. The van der Waals surface area contributed by atoms with Gasteiger partial charge < -0.3 is 21.1 Å². The van der Waals surface area contributed by atoms with Crippen LogP contribution in [0.5, 0.6) is 0 Å². The number of esters is 1. The zero-order chi connectivity index (χ0) is 18.8. The second-order valence-corrected chi connectivity index (χ2v) is 5.77. The minimum absolute atomic E-state index is 0.266. The van der Waals surface area contributed by atoms with Gasteiger partial charge in [-0.05, 0) is 43.3 Å². The number of fused-ring (bicyclic) bond motifs is 1. The zero-order valence-corrected chi connectivity index (χ0v) is 14.3. The molecule has 1 aliphatic rings. The van der Waals surface area contributed by atoms with Crippen molar-refractivity contribution in [2.24, 2.45) is 5.73 Å². The van der Waals surface area contributed by atoms with Gasteiger partial charge in [0.25, 0.3) is 5.91 Å². The van der Waals surface area contributed by atoms with Crippen molar-refractivity contribution in [2.75, 3.05) is 17.7 Å². The molecule has 0 spiro atoms. The van der Waals surface area contributed by atoms with E-state index in [4.69, 9.17) is 5.73 Å². The average Bonchev–Trinajstić information content (AvgIpc) is 2.96. The summed E-state index contributed by atoms with van der Waals surface area (Å²) in [5.74, 6) is -1.24. The molecule has 2 aromatic carbocycles. The Kier molecular flexibility index (Phi) is 4.45. The lowest BCUT2D eigenvalue weighted by Crippen LogP contribution is -2.11. The normalized spacial score (nSPS) is 14.3. The van der Waals surface area contributed by atoms with E-state index >= 15 is 0 Å². The van der Waals surface area contributed by atoms with Crippen molar-refractivity contribution in [1.82, 2.24) is 0 Å². The van der Waals surface area contributed by atoms with Gasteiger partial charge in [0.1, 0.15) is 0 Å². The Balaban J connectivity index is 1.90. The van der Waals surface area contributed by atoms with Crippen molar-refractivity contribution < 1.29 is 19.1 Å². The third-order valence-corrected chi connectivity index (χ3v) is 4.06. The summed E-state index contributed by atoms with van der Waals surface area (Å²) >= 11 is 0. The number of allylic oxidation sites excluding steroid dienone is 1. The first-order valence-corrected chi connectivity index (χ1v) is 7.82. The Labute approximate surface area is 149 Å². The maximum absolute atomic E-state index is 12.3. The van der Waals surface area contributed by atoms with Crippen LogP contribution in [0.15, 0.2) is 48.2 Å². The molecule has 3 rings (SSSR count). The summed E-state index contributed by atoms with van der Waals surface area (Å²) in [6.45, 7) is 1.78. The highest BCUT2D eigenvalue weighted by atomic mass is 16.5. The molecular weight excluding hydrogens is 334 g/mol. The fourth-order valence-corrected chi connectivity index (χ4v) is 2.78. The van der Waals surface area contributed by atoms with E-state index in [1.807, 2.05) is 0 Å². The molecule has 132 valence electrons. The second-order valence-electron chi connectivity index (χ2n) is 5.77. The Bertz CT molecular complexity index is 946. The van der Waals surface area contributed by atoms with Crippen molar-refractivity contribution in [3.05, 3.63) is 64.9 Å². The molecule has 4 N–H and O–H groups in total. The van der Waals surface area contributed by atoms with E-state index < -0.39 is 11.9 Å². The van der Waals surface area contributed by atoms with Crippen LogP contribution in [0.2, 0.25) is 0 Å². The van der Waals surface area contributed by atoms with Gasteiger partial charge in [0, 0.05) is 28.2 Å². The summed E-state index contributed by atoms with van der Waals surface area (Å²) in [5.41, 5.74) is 9.11. The van der Waals surface area contributed by atoms with E-state index in [-0.39, 0.29) is 5.91 Å². The number of hydrogen-bond donors (Lipinski definition) is 3. The fourth-order valence-electron chi connectivity index (χ4n) is 2.78.